The summed E-state index contributed by atoms with van der Waals surface area (Å²) in [6, 6.07) is 0. The molecule has 0 radical (unpaired) electrons. The Kier molecular flexibility index (Phi) is 37.2. The van der Waals surface area contributed by atoms with Gasteiger partial charge in [0.1, 0.15) is 6.61 Å². The second-order valence-corrected chi connectivity index (χ2v) is 16.2. The van der Waals surface area contributed by atoms with Crippen molar-refractivity contribution in [3.05, 3.63) is 24.3 Å². The minimum Gasteiger partial charge on any atom is -0.462 e. The van der Waals surface area contributed by atoms with E-state index >= 15 is 0 Å². The minimum absolute atomic E-state index is 0.114. The van der Waals surface area contributed by atoms with Gasteiger partial charge in [0.15, 0.2) is 6.10 Å². The number of esters is 2. The lowest BCUT2D eigenvalue weighted by molar-refractivity contribution is -0.161. The van der Waals surface area contributed by atoms with Crippen LogP contribution >= 0.6 is 7.82 Å². The van der Waals surface area contributed by atoms with Crippen LogP contribution in [0.25, 0.3) is 0 Å². The molecule has 0 aromatic rings. The lowest BCUT2D eigenvalue weighted by atomic mass is 10.0. The third-order valence-electron chi connectivity index (χ3n) is 9.64. The first-order valence-electron chi connectivity index (χ1n) is 21.8. The van der Waals surface area contributed by atoms with Gasteiger partial charge in [0, 0.05) is 12.8 Å². The summed E-state index contributed by atoms with van der Waals surface area (Å²) in [6.45, 7) is 3.50. The standard InChI is InChI=1S/C43H81O10P/c1-3-5-7-9-11-12-13-14-15-16-17-18-19-20-21-22-23-27-31-35-42(46)51-37-39(38-52-54(48,49)50)53-43(47)36-32-28-24-26-30-34-41(45)40(44)33-29-25-10-8-6-4-2/h14-15,25,29,39-41,44-45H,3-13,16-24,26-28,30-38H2,1-2H3,(H2,48,49,50)/b15-14-,29-25-/t39-,40+,41+/m1/s1. The van der Waals surface area contributed by atoms with Crippen molar-refractivity contribution in [1.82, 2.24) is 0 Å². The Bertz CT molecular complexity index is 966. The molecule has 318 valence electrons. The maximum absolute atomic E-state index is 12.4. The predicted octanol–water partition coefficient (Wildman–Crippen LogP) is 11.1. The number of hydrogen-bond acceptors (Lipinski definition) is 8. The third-order valence-corrected chi connectivity index (χ3v) is 10.1. The van der Waals surface area contributed by atoms with E-state index in [0.717, 1.165) is 57.8 Å². The minimum atomic E-state index is -4.79. The van der Waals surface area contributed by atoms with Crippen molar-refractivity contribution in [2.24, 2.45) is 0 Å². The van der Waals surface area contributed by atoms with Gasteiger partial charge in [0.25, 0.3) is 0 Å². The largest absolute Gasteiger partial charge is 0.469 e. The molecule has 0 saturated carbocycles. The Balaban J connectivity index is 3.99. The Hall–Kier alpha value is -1.55. The molecule has 11 heteroatoms. The number of aliphatic hydroxyl groups excluding tert-OH is 2. The number of unbranched alkanes of at least 4 members (excludes halogenated alkanes) is 22. The van der Waals surface area contributed by atoms with Crippen LogP contribution in [0.3, 0.4) is 0 Å². The highest BCUT2D eigenvalue weighted by molar-refractivity contribution is 7.46. The van der Waals surface area contributed by atoms with Crippen LogP contribution in [0.2, 0.25) is 0 Å². The molecule has 0 fully saturated rings. The number of carbonyl (C=O) groups excluding carboxylic acids is 2. The van der Waals surface area contributed by atoms with Crippen molar-refractivity contribution in [2.75, 3.05) is 13.2 Å². The van der Waals surface area contributed by atoms with E-state index in [2.05, 4.69) is 36.6 Å². The molecular formula is C43H81O10P. The van der Waals surface area contributed by atoms with Gasteiger partial charge in [-0.15, -0.1) is 0 Å². The summed E-state index contributed by atoms with van der Waals surface area (Å²) in [7, 11) is -4.79. The molecule has 0 aromatic heterocycles. The van der Waals surface area contributed by atoms with Crippen molar-refractivity contribution >= 4 is 19.8 Å². The average Bonchev–Trinajstić information content (AvgIpc) is 3.14. The molecule has 0 spiro atoms. The van der Waals surface area contributed by atoms with E-state index in [4.69, 9.17) is 19.3 Å². The van der Waals surface area contributed by atoms with Crippen LogP contribution in [0, 0.1) is 0 Å². The van der Waals surface area contributed by atoms with E-state index in [9.17, 15) is 24.4 Å². The lowest BCUT2D eigenvalue weighted by Crippen LogP contribution is -2.29. The van der Waals surface area contributed by atoms with E-state index in [0.29, 0.717) is 25.7 Å². The molecule has 54 heavy (non-hydrogen) atoms. The number of carbonyl (C=O) groups is 2. The van der Waals surface area contributed by atoms with Gasteiger partial charge in [-0.3, -0.25) is 14.1 Å². The molecule has 0 aliphatic heterocycles. The topological polar surface area (TPSA) is 160 Å². The summed E-state index contributed by atoms with van der Waals surface area (Å²) >= 11 is 0. The summed E-state index contributed by atoms with van der Waals surface area (Å²) in [4.78, 5) is 42.9. The van der Waals surface area contributed by atoms with Crippen molar-refractivity contribution in [2.45, 2.75) is 225 Å². The molecule has 3 atom stereocenters. The SMILES string of the molecule is CCCCC/C=C\C[C@H](O)[C@@H](O)CCCCCCCC(=O)O[C@H](COC(=O)CCCCCCCCCCC/C=C\CCCCCCCC)COP(=O)(O)O. The van der Waals surface area contributed by atoms with Crippen molar-refractivity contribution in [1.29, 1.82) is 0 Å². The zero-order valence-corrected chi connectivity index (χ0v) is 35.2. The average molecular weight is 789 g/mol. The first-order chi connectivity index (χ1) is 26.1. The highest BCUT2D eigenvalue weighted by Gasteiger charge is 2.23. The van der Waals surface area contributed by atoms with Gasteiger partial charge in [-0.2, -0.15) is 0 Å². The number of hydrogen-bond donors (Lipinski definition) is 4. The van der Waals surface area contributed by atoms with Crippen LogP contribution in [0.1, 0.15) is 206 Å². The van der Waals surface area contributed by atoms with Crippen molar-refractivity contribution in [3.63, 3.8) is 0 Å². The maximum atomic E-state index is 12.4. The molecule has 4 N–H and O–H groups in total. The first kappa shape index (κ1) is 52.5. The zero-order chi connectivity index (χ0) is 40.0. The summed E-state index contributed by atoms with van der Waals surface area (Å²) in [6.07, 6.45) is 36.3. The van der Waals surface area contributed by atoms with Crippen LogP contribution in [0.4, 0.5) is 0 Å². The van der Waals surface area contributed by atoms with Gasteiger partial charge in [0.05, 0.1) is 18.8 Å². The molecule has 0 amide bonds. The van der Waals surface area contributed by atoms with Gasteiger partial charge in [-0.05, 0) is 64.2 Å². The first-order valence-corrected chi connectivity index (χ1v) is 23.3. The van der Waals surface area contributed by atoms with Crippen LogP contribution in [0.15, 0.2) is 24.3 Å². The van der Waals surface area contributed by atoms with Gasteiger partial charge in [-0.25, -0.2) is 4.57 Å². The number of rotatable bonds is 40. The highest BCUT2D eigenvalue weighted by atomic mass is 31.2. The number of aliphatic hydroxyl groups is 2. The van der Waals surface area contributed by atoms with E-state index < -0.39 is 44.7 Å². The molecule has 0 saturated heterocycles. The lowest BCUT2D eigenvalue weighted by Gasteiger charge is -2.18. The number of phosphoric ester groups is 1. The molecule has 0 bridgehead atoms. The Morgan fingerprint density at radius 2 is 0.963 bits per heavy atom. The summed E-state index contributed by atoms with van der Waals surface area (Å²) in [5.74, 6) is -0.993. The Morgan fingerprint density at radius 1 is 0.537 bits per heavy atom. The van der Waals surface area contributed by atoms with E-state index in [-0.39, 0.29) is 19.4 Å². The smallest absolute Gasteiger partial charge is 0.462 e. The molecule has 0 aromatic carbocycles. The van der Waals surface area contributed by atoms with Crippen LogP contribution in [0.5, 0.6) is 0 Å². The van der Waals surface area contributed by atoms with E-state index in [1.807, 2.05) is 6.08 Å². The summed E-state index contributed by atoms with van der Waals surface area (Å²) < 4.78 is 26.3. The molecule has 0 heterocycles. The fourth-order valence-corrected chi connectivity index (χ4v) is 6.58. The zero-order valence-electron chi connectivity index (χ0n) is 34.4. The van der Waals surface area contributed by atoms with Gasteiger partial charge in [0.2, 0.25) is 0 Å². The Morgan fingerprint density at radius 3 is 1.50 bits per heavy atom. The predicted molar refractivity (Wildman–Crippen MR) is 219 cm³/mol. The van der Waals surface area contributed by atoms with Gasteiger partial charge in [-0.1, -0.05) is 154 Å². The van der Waals surface area contributed by atoms with E-state index in [1.165, 1.54) is 96.3 Å². The van der Waals surface area contributed by atoms with Crippen molar-refractivity contribution in [3.8, 4) is 0 Å². The quantitative estimate of drug-likeness (QED) is 0.0204. The number of ether oxygens (including phenoxy) is 2. The van der Waals surface area contributed by atoms with Crippen molar-refractivity contribution < 1.29 is 48.2 Å². The van der Waals surface area contributed by atoms with Gasteiger partial charge >= 0.3 is 19.8 Å². The fourth-order valence-electron chi connectivity index (χ4n) is 6.21. The summed E-state index contributed by atoms with van der Waals surface area (Å²) in [5, 5.41) is 20.4. The highest BCUT2D eigenvalue weighted by Crippen LogP contribution is 2.36. The molecule has 10 nitrogen and oxygen atoms in total. The monoisotopic (exact) mass is 789 g/mol. The molecule has 0 unspecified atom stereocenters. The third kappa shape index (κ3) is 38.7. The molecular weight excluding hydrogens is 707 g/mol. The molecule has 0 aliphatic rings. The van der Waals surface area contributed by atoms with Crippen LogP contribution in [-0.2, 0) is 28.2 Å². The number of allylic oxidation sites excluding steroid dienone is 3. The van der Waals surface area contributed by atoms with Gasteiger partial charge < -0.3 is 29.5 Å². The fraction of sp³-hybridized carbons (Fsp3) is 0.860. The summed E-state index contributed by atoms with van der Waals surface area (Å²) in [5.41, 5.74) is 0. The van der Waals surface area contributed by atoms with Crippen LogP contribution in [-0.4, -0.2) is 63.5 Å². The second-order valence-electron chi connectivity index (χ2n) is 15.0. The van der Waals surface area contributed by atoms with Crippen LogP contribution < -0.4 is 0 Å². The Labute approximate surface area is 329 Å². The normalized spacial score (nSPS) is 13.8. The molecule has 0 rings (SSSR count). The second kappa shape index (κ2) is 38.3. The number of phosphoric acid groups is 1. The van der Waals surface area contributed by atoms with E-state index in [1.54, 1.807) is 0 Å². The maximum Gasteiger partial charge on any atom is 0.469 e. The molecule has 0 aliphatic carbocycles.